The third-order valence-corrected chi connectivity index (χ3v) is 6.53. The molecule has 0 amide bonds. The molecule has 144 valence electrons. The molecule has 28 heavy (non-hydrogen) atoms. The Morgan fingerprint density at radius 2 is 1.89 bits per heavy atom. The molecule has 4 aromatic rings. The minimum atomic E-state index is -3.90. The number of anilines is 1. The molecule has 1 aromatic carbocycles. The number of nitrogens with one attached hydrogen (secondary N) is 1. The summed E-state index contributed by atoms with van der Waals surface area (Å²) in [4.78, 5) is 5.35. The summed E-state index contributed by atoms with van der Waals surface area (Å²) in [6, 6.07) is 14.0. The number of furan rings is 1. The first-order valence-electron chi connectivity index (χ1n) is 8.56. The molecule has 0 aliphatic carbocycles. The maximum Gasteiger partial charge on any atom is 0.286 e. The fraction of sp³-hybridized carbons (Fsp3) is 0.158. The number of hydrogen-bond acceptors (Lipinski definition) is 7. The lowest BCUT2D eigenvalue weighted by Gasteiger charge is -2.08. The lowest BCUT2D eigenvalue weighted by Crippen LogP contribution is -2.18. The number of benzene rings is 1. The van der Waals surface area contributed by atoms with Gasteiger partial charge in [-0.15, -0.1) is 20.5 Å². The molecule has 0 aliphatic heterocycles. The highest BCUT2D eigenvalue weighted by molar-refractivity contribution is 7.90. The predicted octanol–water partition coefficient (Wildman–Crippen LogP) is 4.07. The van der Waals surface area contributed by atoms with Crippen molar-refractivity contribution in [2.45, 2.75) is 25.3 Å². The lowest BCUT2D eigenvalue weighted by molar-refractivity contribution is 0.490. The minimum Gasteiger partial charge on any atom is -0.465 e. The van der Waals surface area contributed by atoms with E-state index in [0.717, 1.165) is 20.3 Å². The number of aryl methyl sites for hydroxylation is 2. The summed E-state index contributed by atoms with van der Waals surface area (Å²) < 4.78 is 32.8. The van der Waals surface area contributed by atoms with Gasteiger partial charge in [-0.25, -0.2) is 0 Å². The summed E-state index contributed by atoms with van der Waals surface area (Å²) in [6.45, 7) is 4.04. The first-order valence-corrected chi connectivity index (χ1v) is 10.9. The topological polar surface area (TPSA) is 90.0 Å². The van der Waals surface area contributed by atoms with E-state index < -0.39 is 10.0 Å². The van der Waals surface area contributed by atoms with Crippen LogP contribution in [0.15, 0.2) is 63.2 Å². The van der Waals surface area contributed by atoms with Crippen LogP contribution in [0.2, 0.25) is 0 Å². The van der Waals surface area contributed by atoms with Gasteiger partial charge >= 0.3 is 0 Å². The maximum absolute atomic E-state index is 13.2. The maximum atomic E-state index is 13.2. The minimum absolute atomic E-state index is 0.137. The standard InChI is InChI=1S/C19H18N4O3S2/c1-13-5-9-16(10-6-13)28(24,25)23-19(20-12-15-8-7-14(2)26-15)21-18(22-23)17-4-3-11-27-17/h3-11H,12H2,1-2H3,(H,20,21,22). The van der Waals surface area contributed by atoms with Gasteiger partial charge < -0.3 is 9.73 Å². The molecule has 4 rings (SSSR count). The average Bonchev–Trinajstić information content (AvgIpc) is 3.41. The van der Waals surface area contributed by atoms with Gasteiger partial charge in [0.1, 0.15) is 11.5 Å². The van der Waals surface area contributed by atoms with E-state index in [1.807, 2.05) is 43.5 Å². The third-order valence-electron chi connectivity index (χ3n) is 4.08. The Morgan fingerprint density at radius 1 is 1.11 bits per heavy atom. The lowest BCUT2D eigenvalue weighted by atomic mass is 10.2. The average molecular weight is 415 g/mol. The van der Waals surface area contributed by atoms with Crippen LogP contribution in [0, 0.1) is 13.8 Å². The fourth-order valence-electron chi connectivity index (χ4n) is 2.64. The Hall–Kier alpha value is -2.91. The second-order valence-corrected chi connectivity index (χ2v) is 8.98. The molecule has 0 radical (unpaired) electrons. The summed E-state index contributed by atoms with van der Waals surface area (Å²) in [5.41, 5.74) is 0.975. The Labute approximate surface area is 166 Å². The van der Waals surface area contributed by atoms with E-state index in [4.69, 9.17) is 4.42 Å². The molecule has 0 saturated carbocycles. The highest BCUT2D eigenvalue weighted by atomic mass is 32.2. The highest BCUT2D eigenvalue weighted by Gasteiger charge is 2.25. The van der Waals surface area contributed by atoms with E-state index in [1.54, 1.807) is 24.3 Å². The van der Waals surface area contributed by atoms with Gasteiger partial charge in [0.25, 0.3) is 10.0 Å². The summed E-state index contributed by atoms with van der Waals surface area (Å²) in [6.07, 6.45) is 0. The van der Waals surface area contributed by atoms with Crippen LogP contribution in [-0.2, 0) is 16.6 Å². The van der Waals surface area contributed by atoms with Gasteiger partial charge in [-0.1, -0.05) is 23.8 Å². The van der Waals surface area contributed by atoms with Crippen LogP contribution in [0.5, 0.6) is 0 Å². The van der Waals surface area contributed by atoms with Crippen LogP contribution in [0.1, 0.15) is 17.1 Å². The van der Waals surface area contributed by atoms with Gasteiger partial charge in [-0.3, -0.25) is 0 Å². The third kappa shape index (κ3) is 3.58. The summed E-state index contributed by atoms with van der Waals surface area (Å²) >= 11 is 1.44. The van der Waals surface area contributed by atoms with Crippen molar-refractivity contribution in [3.8, 4) is 10.7 Å². The zero-order chi connectivity index (χ0) is 19.7. The largest absolute Gasteiger partial charge is 0.465 e. The van der Waals surface area contributed by atoms with Gasteiger partial charge in [0.2, 0.25) is 5.95 Å². The molecule has 0 fully saturated rings. The van der Waals surface area contributed by atoms with E-state index in [2.05, 4.69) is 15.4 Å². The van der Waals surface area contributed by atoms with Crippen LogP contribution >= 0.6 is 11.3 Å². The van der Waals surface area contributed by atoms with Crippen LogP contribution < -0.4 is 5.32 Å². The molecular formula is C19H18N4O3S2. The molecule has 1 N–H and O–H groups in total. The number of nitrogens with zero attached hydrogens (tertiary/aromatic N) is 3. The molecule has 9 heteroatoms. The van der Waals surface area contributed by atoms with Crippen molar-refractivity contribution in [1.29, 1.82) is 0 Å². The Morgan fingerprint density at radius 3 is 2.54 bits per heavy atom. The second kappa shape index (κ2) is 7.25. The Balaban J connectivity index is 1.74. The SMILES string of the molecule is Cc1ccc(S(=O)(=O)n2nc(-c3cccs3)nc2NCc2ccc(C)o2)cc1. The molecule has 0 unspecified atom stereocenters. The van der Waals surface area contributed by atoms with Gasteiger partial charge in [0, 0.05) is 0 Å². The van der Waals surface area contributed by atoms with Crippen LogP contribution in [0.3, 0.4) is 0 Å². The van der Waals surface area contributed by atoms with Crippen LogP contribution in [0.25, 0.3) is 10.7 Å². The van der Waals surface area contributed by atoms with Crippen molar-refractivity contribution in [2.75, 3.05) is 5.32 Å². The Kier molecular flexibility index (Phi) is 4.78. The zero-order valence-electron chi connectivity index (χ0n) is 15.3. The quantitative estimate of drug-likeness (QED) is 0.512. The smallest absolute Gasteiger partial charge is 0.286 e. The van der Waals surface area contributed by atoms with Gasteiger partial charge in [-0.2, -0.15) is 13.4 Å². The summed E-state index contributed by atoms with van der Waals surface area (Å²) in [7, 11) is -3.90. The highest BCUT2D eigenvalue weighted by Crippen LogP contribution is 2.26. The van der Waals surface area contributed by atoms with Crippen molar-refractivity contribution in [3.63, 3.8) is 0 Å². The van der Waals surface area contributed by atoms with E-state index in [-0.39, 0.29) is 10.8 Å². The van der Waals surface area contributed by atoms with Gasteiger partial charge in [-0.05, 0) is 49.6 Å². The molecule has 3 aromatic heterocycles. The van der Waals surface area contributed by atoms with Crippen molar-refractivity contribution in [2.24, 2.45) is 0 Å². The van der Waals surface area contributed by atoms with Crippen LogP contribution in [-0.4, -0.2) is 22.6 Å². The van der Waals surface area contributed by atoms with Gasteiger partial charge in [0.05, 0.1) is 16.3 Å². The predicted molar refractivity (Wildman–Crippen MR) is 108 cm³/mol. The molecule has 7 nitrogen and oxygen atoms in total. The summed E-state index contributed by atoms with van der Waals surface area (Å²) in [5.74, 6) is 1.95. The summed E-state index contributed by atoms with van der Waals surface area (Å²) in [5, 5.41) is 9.20. The molecule has 0 saturated heterocycles. The second-order valence-electron chi connectivity index (χ2n) is 6.26. The normalized spacial score (nSPS) is 11.6. The monoisotopic (exact) mass is 414 g/mol. The van der Waals surface area contributed by atoms with Crippen molar-refractivity contribution >= 4 is 27.3 Å². The molecule has 0 atom stereocenters. The Bertz CT molecular complexity index is 1190. The van der Waals surface area contributed by atoms with Crippen molar-refractivity contribution in [3.05, 3.63) is 71.0 Å². The number of thiophene rings is 1. The molecule has 0 aliphatic rings. The van der Waals surface area contributed by atoms with Crippen LogP contribution in [0.4, 0.5) is 5.95 Å². The fourth-order valence-corrected chi connectivity index (χ4v) is 4.49. The molecule has 3 heterocycles. The number of hydrogen-bond donors (Lipinski definition) is 1. The van der Waals surface area contributed by atoms with Crippen molar-refractivity contribution in [1.82, 2.24) is 14.2 Å². The molecule has 0 bridgehead atoms. The zero-order valence-corrected chi connectivity index (χ0v) is 16.9. The first-order chi connectivity index (χ1) is 13.4. The van der Waals surface area contributed by atoms with E-state index in [0.29, 0.717) is 18.1 Å². The molecular weight excluding hydrogens is 396 g/mol. The van der Waals surface area contributed by atoms with E-state index >= 15 is 0 Å². The number of aromatic nitrogens is 3. The van der Waals surface area contributed by atoms with Crippen molar-refractivity contribution < 1.29 is 12.8 Å². The van der Waals surface area contributed by atoms with E-state index in [9.17, 15) is 8.42 Å². The number of rotatable bonds is 6. The first kappa shape index (κ1) is 18.5. The van der Waals surface area contributed by atoms with Gasteiger partial charge in [0.15, 0.2) is 5.82 Å². The van der Waals surface area contributed by atoms with E-state index in [1.165, 1.54) is 11.3 Å². The molecule has 0 spiro atoms.